The molecule has 1 heterocycles. The van der Waals surface area contributed by atoms with Crippen molar-refractivity contribution in [2.45, 2.75) is 50.7 Å². The topological polar surface area (TPSA) is 66.6 Å². The minimum absolute atomic E-state index is 0.0200. The fourth-order valence-corrected chi connectivity index (χ4v) is 5.16. The summed E-state index contributed by atoms with van der Waals surface area (Å²) in [6.07, 6.45) is 2.73. The van der Waals surface area contributed by atoms with Crippen molar-refractivity contribution in [1.29, 1.82) is 0 Å². The Labute approximate surface area is 173 Å². The lowest BCUT2D eigenvalue weighted by Gasteiger charge is -2.50. The van der Waals surface area contributed by atoms with Gasteiger partial charge in [0, 0.05) is 18.7 Å². The first-order valence-electron chi connectivity index (χ1n) is 10.8. The highest BCUT2D eigenvalue weighted by molar-refractivity contribution is 5.92. The van der Waals surface area contributed by atoms with Crippen molar-refractivity contribution in [3.05, 3.63) is 71.3 Å². The number of primary amides is 1. The molecule has 3 unspecified atom stereocenters. The van der Waals surface area contributed by atoms with Crippen LogP contribution in [-0.4, -0.2) is 35.2 Å². The second kappa shape index (κ2) is 7.92. The van der Waals surface area contributed by atoms with Gasteiger partial charge in [-0.15, -0.1) is 0 Å². The molecular weight excluding hydrogens is 360 g/mol. The molecule has 2 aromatic carbocycles. The van der Waals surface area contributed by atoms with Crippen LogP contribution < -0.4 is 5.73 Å². The highest BCUT2D eigenvalue weighted by Gasteiger charge is 2.43. The van der Waals surface area contributed by atoms with Crippen molar-refractivity contribution in [2.75, 3.05) is 13.1 Å². The minimum atomic E-state index is -0.381. The van der Waals surface area contributed by atoms with E-state index >= 15 is 0 Å². The maximum atomic E-state index is 11.6. The van der Waals surface area contributed by atoms with E-state index in [1.165, 1.54) is 11.1 Å². The lowest BCUT2D eigenvalue weighted by molar-refractivity contribution is -0.0945. The van der Waals surface area contributed by atoms with E-state index in [0.29, 0.717) is 23.3 Å². The average molecular weight is 393 g/mol. The second-order valence-corrected chi connectivity index (χ2v) is 9.26. The third-order valence-corrected chi connectivity index (χ3v) is 7.56. The number of carbonyl (C=O) groups excluding carboxylic acids is 1. The van der Waals surface area contributed by atoms with Crippen molar-refractivity contribution in [2.24, 2.45) is 17.6 Å². The molecule has 4 nitrogen and oxygen atoms in total. The molecule has 1 amide bonds. The van der Waals surface area contributed by atoms with Crippen LogP contribution in [0.4, 0.5) is 0 Å². The summed E-state index contributed by atoms with van der Waals surface area (Å²) in [6, 6.07) is 18.4. The molecule has 3 atom stereocenters. The number of nitrogens with zero attached hydrogens (tertiary/aromatic N) is 1. The second-order valence-electron chi connectivity index (χ2n) is 9.26. The summed E-state index contributed by atoms with van der Waals surface area (Å²) in [5.74, 6) is 0.933. The zero-order valence-corrected chi connectivity index (χ0v) is 17.4. The van der Waals surface area contributed by atoms with E-state index in [2.05, 4.69) is 55.1 Å². The Hall–Kier alpha value is -2.17. The Bertz CT molecular complexity index is 862. The molecule has 1 aliphatic carbocycles. The van der Waals surface area contributed by atoms with Crippen molar-refractivity contribution in [3.63, 3.8) is 0 Å². The molecule has 154 valence electrons. The molecule has 4 rings (SSSR count). The molecule has 4 heteroatoms. The zero-order chi connectivity index (χ0) is 20.6. The molecule has 2 aromatic rings. The molecule has 0 aromatic heterocycles. The van der Waals surface area contributed by atoms with Gasteiger partial charge in [0.15, 0.2) is 0 Å². The van der Waals surface area contributed by atoms with Gasteiger partial charge in [0.05, 0.1) is 0 Å². The number of piperidine rings is 1. The first kappa shape index (κ1) is 20.1. The van der Waals surface area contributed by atoms with Gasteiger partial charge in [-0.25, -0.2) is 0 Å². The average Bonchev–Trinajstić information content (AvgIpc) is 2.70. The zero-order valence-electron chi connectivity index (χ0n) is 17.4. The van der Waals surface area contributed by atoms with Crippen molar-refractivity contribution in [3.8, 4) is 0 Å². The third-order valence-electron chi connectivity index (χ3n) is 7.56. The first-order valence-corrected chi connectivity index (χ1v) is 10.8. The van der Waals surface area contributed by atoms with Gasteiger partial charge in [-0.1, -0.05) is 56.3 Å². The van der Waals surface area contributed by atoms with Crippen LogP contribution in [0.5, 0.6) is 0 Å². The Morgan fingerprint density at radius 3 is 2.55 bits per heavy atom. The van der Waals surface area contributed by atoms with Crippen LogP contribution in [-0.2, 0) is 5.41 Å². The fourth-order valence-electron chi connectivity index (χ4n) is 5.16. The molecule has 0 bridgehead atoms. The Balaban J connectivity index is 1.39. The summed E-state index contributed by atoms with van der Waals surface area (Å²) < 4.78 is 0. The molecular formula is C25H32N2O2. The maximum absolute atomic E-state index is 11.6. The van der Waals surface area contributed by atoms with Gasteiger partial charge in [0.1, 0.15) is 6.23 Å². The van der Waals surface area contributed by atoms with Gasteiger partial charge in [-0.2, -0.15) is 0 Å². The standard InChI is InChI=1S/C25H32N2O2/c1-17-16-27(24(29)21-13-20(14-21)18-7-4-3-5-8-18)12-11-25(17,2)22-10-6-9-19(15-22)23(26)28/h3-10,15,17,20-21,24,29H,11-14,16H2,1-2H3,(H2,26,28). The Kier molecular flexibility index (Phi) is 5.50. The molecule has 2 aliphatic rings. The number of amides is 1. The summed E-state index contributed by atoms with van der Waals surface area (Å²) in [4.78, 5) is 13.8. The van der Waals surface area contributed by atoms with Crippen molar-refractivity contribution < 1.29 is 9.90 Å². The van der Waals surface area contributed by atoms with Crippen LogP contribution >= 0.6 is 0 Å². The van der Waals surface area contributed by atoms with E-state index in [4.69, 9.17) is 5.73 Å². The van der Waals surface area contributed by atoms with Crippen LogP contribution in [0.15, 0.2) is 54.6 Å². The number of nitrogens with two attached hydrogens (primary N) is 1. The largest absolute Gasteiger partial charge is 0.378 e. The summed E-state index contributed by atoms with van der Waals surface area (Å²) in [5, 5.41) is 11.0. The van der Waals surface area contributed by atoms with Gasteiger partial charge in [0.2, 0.25) is 5.91 Å². The highest BCUT2D eigenvalue weighted by Crippen LogP contribution is 2.46. The summed E-state index contributed by atoms with van der Waals surface area (Å²) in [6.45, 7) is 6.26. The predicted octanol–water partition coefficient (Wildman–Crippen LogP) is 3.90. The Morgan fingerprint density at radius 1 is 1.17 bits per heavy atom. The third kappa shape index (κ3) is 3.84. The lowest BCUT2D eigenvalue weighted by atomic mass is 9.66. The number of hydrogen-bond acceptors (Lipinski definition) is 3. The normalized spacial score (nSPS) is 31.1. The number of likely N-dealkylation sites (tertiary alicyclic amines) is 1. The Morgan fingerprint density at radius 2 is 1.90 bits per heavy atom. The molecule has 2 fully saturated rings. The maximum Gasteiger partial charge on any atom is 0.248 e. The number of benzene rings is 2. The molecule has 1 saturated heterocycles. The molecule has 0 radical (unpaired) electrons. The van der Waals surface area contributed by atoms with Gasteiger partial charge in [0.25, 0.3) is 0 Å². The van der Waals surface area contributed by atoms with Crippen LogP contribution in [0.2, 0.25) is 0 Å². The summed E-state index contributed by atoms with van der Waals surface area (Å²) in [5.41, 5.74) is 8.59. The van der Waals surface area contributed by atoms with E-state index in [0.717, 1.165) is 32.4 Å². The van der Waals surface area contributed by atoms with E-state index in [1.807, 2.05) is 12.1 Å². The number of hydrogen-bond donors (Lipinski definition) is 2. The molecule has 29 heavy (non-hydrogen) atoms. The number of aliphatic hydroxyl groups excluding tert-OH is 1. The van der Waals surface area contributed by atoms with Crippen LogP contribution in [0, 0.1) is 11.8 Å². The predicted molar refractivity (Wildman–Crippen MR) is 116 cm³/mol. The van der Waals surface area contributed by atoms with Gasteiger partial charge in [-0.3, -0.25) is 9.69 Å². The number of rotatable bonds is 5. The molecule has 1 saturated carbocycles. The van der Waals surface area contributed by atoms with Gasteiger partial charge in [-0.05, 0) is 65.7 Å². The van der Waals surface area contributed by atoms with Crippen LogP contribution in [0.3, 0.4) is 0 Å². The number of aliphatic hydroxyl groups is 1. The summed E-state index contributed by atoms with van der Waals surface area (Å²) >= 11 is 0. The highest BCUT2D eigenvalue weighted by atomic mass is 16.3. The van der Waals surface area contributed by atoms with Crippen molar-refractivity contribution in [1.82, 2.24) is 4.90 Å². The smallest absolute Gasteiger partial charge is 0.248 e. The van der Waals surface area contributed by atoms with E-state index in [9.17, 15) is 9.90 Å². The number of carbonyl (C=O) groups is 1. The van der Waals surface area contributed by atoms with E-state index in [1.54, 1.807) is 6.07 Å². The quantitative estimate of drug-likeness (QED) is 0.811. The van der Waals surface area contributed by atoms with Crippen LogP contribution in [0.1, 0.15) is 60.5 Å². The van der Waals surface area contributed by atoms with Crippen molar-refractivity contribution >= 4 is 5.91 Å². The van der Waals surface area contributed by atoms with E-state index in [-0.39, 0.29) is 17.6 Å². The monoisotopic (exact) mass is 392 g/mol. The van der Waals surface area contributed by atoms with E-state index < -0.39 is 0 Å². The first-order chi connectivity index (χ1) is 13.9. The summed E-state index contributed by atoms with van der Waals surface area (Å²) in [7, 11) is 0. The molecule has 1 aliphatic heterocycles. The van der Waals surface area contributed by atoms with Gasteiger partial charge < -0.3 is 10.8 Å². The minimum Gasteiger partial charge on any atom is -0.378 e. The molecule has 0 spiro atoms. The van der Waals surface area contributed by atoms with Crippen LogP contribution in [0.25, 0.3) is 0 Å². The SMILES string of the molecule is CC1CN(C(O)C2CC(c3ccccc3)C2)CCC1(C)c1cccc(C(N)=O)c1. The molecule has 3 N–H and O–H groups in total. The lowest BCUT2D eigenvalue weighted by Crippen LogP contribution is -2.54. The fraction of sp³-hybridized carbons (Fsp3) is 0.480. The van der Waals surface area contributed by atoms with Gasteiger partial charge >= 0.3 is 0 Å².